The first-order valence-corrected chi connectivity index (χ1v) is 7.18. The Bertz CT molecular complexity index is 421. The molecule has 1 saturated carbocycles. The van der Waals surface area contributed by atoms with Crippen LogP contribution in [0, 0.1) is 11.7 Å². The fourth-order valence-corrected chi connectivity index (χ4v) is 3.29. The molecule has 0 bridgehead atoms. The molecular weight excluding hydrogens is 249 g/mol. The van der Waals surface area contributed by atoms with Gasteiger partial charge < -0.3 is 5.32 Å². The number of rotatable bonds is 6. The maximum Gasteiger partial charge on any atom is 0.124 e. The van der Waals surface area contributed by atoms with E-state index < -0.39 is 0 Å². The van der Waals surface area contributed by atoms with E-state index in [-0.39, 0.29) is 11.2 Å². The molecule has 100 valence electrons. The van der Waals surface area contributed by atoms with Crippen LogP contribution in [-0.2, 0) is 5.41 Å². The molecule has 1 N–H and O–H groups in total. The fraction of sp³-hybridized carbons (Fsp3) is 0.600. The number of hydrogen-bond acceptors (Lipinski definition) is 1. The second kappa shape index (κ2) is 5.58. The topological polar surface area (TPSA) is 12.0 Å². The molecule has 3 heteroatoms. The van der Waals surface area contributed by atoms with Gasteiger partial charge in [-0.15, -0.1) is 0 Å². The van der Waals surface area contributed by atoms with Crippen LogP contribution in [0.1, 0.15) is 38.7 Å². The fourth-order valence-electron chi connectivity index (χ4n) is 2.94. The molecule has 2 rings (SSSR count). The van der Waals surface area contributed by atoms with E-state index in [4.69, 9.17) is 11.6 Å². The second-order valence-corrected chi connectivity index (χ2v) is 5.67. The van der Waals surface area contributed by atoms with Gasteiger partial charge in [-0.2, -0.15) is 0 Å². The number of nitrogens with one attached hydrogen (secondary N) is 1. The van der Waals surface area contributed by atoms with Crippen LogP contribution in [0.2, 0.25) is 5.02 Å². The van der Waals surface area contributed by atoms with Crippen molar-refractivity contribution in [2.75, 3.05) is 13.1 Å². The molecule has 1 aromatic rings. The zero-order valence-corrected chi connectivity index (χ0v) is 11.9. The number of hydrogen-bond donors (Lipinski definition) is 1. The first kappa shape index (κ1) is 13.8. The molecule has 1 fully saturated rings. The summed E-state index contributed by atoms with van der Waals surface area (Å²) in [6.07, 6.45) is 3.44. The van der Waals surface area contributed by atoms with Gasteiger partial charge in [0.05, 0.1) is 0 Å². The van der Waals surface area contributed by atoms with Gasteiger partial charge in [-0.25, -0.2) is 4.39 Å². The van der Waals surface area contributed by atoms with Crippen LogP contribution < -0.4 is 5.32 Å². The van der Waals surface area contributed by atoms with Gasteiger partial charge in [0.15, 0.2) is 0 Å². The molecule has 2 unspecified atom stereocenters. The number of benzene rings is 1. The average molecular weight is 270 g/mol. The maximum atomic E-state index is 13.1. The molecule has 1 aliphatic rings. The summed E-state index contributed by atoms with van der Waals surface area (Å²) in [5.74, 6) is 0.416. The van der Waals surface area contributed by atoms with Crippen LogP contribution in [-0.4, -0.2) is 13.1 Å². The Morgan fingerprint density at radius 3 is 2.78 bits per heavy atom. The summed E-state index contributed by atoms with van der Waals surface area (Å²) in [5, 5.41) is 4.06. The molecule has 0 amide bonds. The minimum Gasteiger partial charge on any atom is -0.316 e. The third-order valence-corrected chi connectivity index (χ3v) is 4.37. The largest absolute Gasteiger partial charge is 0.316 e. The predicted octanol–water partition coefficient (Wildman–Crippen LogP) is 4.15. The minimum atomic E-state index is -0.255. The highest BCUT2D eigenvalue weighted by molar-refractivity contribution is 6.31. The monoisotopic (exact) mass is 269 g/mol. The lowest BCUT2D eigenvalue weighted by molar-refractivity contribution is 0.522. The van der Waals surface area contributed by atoms with Crippen molar-refractivity contribution in [2.24, 2.45) is 5.92 Å². The lowest BCUT2D eigenvalue weighted by Crippen LogP contribution is -2.29. The Hall–Kier alpha value is -0.600. The zero-order valence-electron chi connectivity index (χ0n) is 11.1. The van der Waals surface area contributed by atoms with E-state index >= 15 is 0 Å². The normalized spacial score (nSPS) is 26.3. The molecule has 0 heterocycles. The smallest absolute Gasteiger partial charge is 0.124 e. The van der Waals surface area contributed by atoms with Crippen molar-refractivity contribution in [3.63, 3.8) is 0 Å². The van der Waals surface area contributed by atoms with Gasteiger partial charge in [-0.1, -0.05) is 37.9 Å². The summed E-state index contributed by atoms with van der Waals surface area (Å²) in [4.78, 5) is 0. The average Bonchev–Trinajstić information content (AvgIpc) is 3.04. The Kier molecular flexibility index (Phi) is 4.29. The van der Waals surface area contributed by atoms with E-state index in [2.05, 4.69) is 19.2 Å². The van der Waals surface area contributed by atoms with Gasteiger partial charge in [-0.3, -0.25) is 0 Å². The lowest BCUT2D eigenvalue weighted by atomic mass is 9.92. The van der Waals surface area contributed by atoms with E-state index in [1.54, 1.807) is 0 Å². The molecule has 0 aromatic heterocycles. The zero-order chi connectivity index (χ0) is 13.2. The summed E-state index contributed by atoms with van der Waals surface area (Å²) in [5.41, 5.74) is 1.25. The van der Waals surface area contributed by atoms with Gasteiger partial charge in [0.2, 0.25) is 0 Å². The molecule has 0 saturated heterocycles. The van der Waals surface area contributed by atoms with Gasteiger partial charge >= 0.3 is 0 Å². The summed E-state index contributed by atoms with van der Waals surface area (Å²) in [6, 6.07) is 4.82. The number of halogens is 2. The molecular formula is C15H21ClFN. The van der Waals surface area contributed by atoms with Crippen LogP contribution >= 0.6 is 11.6 Å². The van der Waals surface area contributed by atoms with Crippen molar-refractivity contribution in [3.05, 3.63) is 34.6 Å². The standard InChI is InChI=1S/C15H21ClFN/c1-3-7-18-10-15(9-11(15)4-2)13-6-5-12(17)8-14(13)16/h5-6,8,11,18H,3-4,7,9-10H2,1-2H3. The molecule has 0 spiro atoms. The Balaban J connectivity index is 2.20. The van der Waals surface area contributed by atoms with Crippen LogP contribution in [0.5, 0.6) is 0 Å². The van der Waals surface area contributed by atoms with E-state index in [1.807, 2.05) is 6.07 Å². The maximum absolute atomic E-state index is 13.1. The molecule has 1 aromatic carbocycles. The van der Waals surface area contributed by atoms with E-state index in [9.17, 15) is 4.39 Å². The quantitative estimate of drug-likeness (QED) is 0.765. The minimum absolute atomic E-state index is 0.134. The molecule has 1 nitrogen and oxygen atoms in total. The highest BCUT2D eigenvalue weighted by atomic mass is 35.5. The van der Waals surface area contributed by atoms with Crippen molar-refractivity contribution in [1.29, 1.82) is 0 Å². The van der Waals surface area contributed by atoms with Gasteiger partial charge in [-0.05, 0) is 43.0 Å². The van der Waals surface area contributed by atoms with Crippen LogP contribution in [0.25, 0.3) is 0 Å². The van der Waals surface area contributed by atoms with Crippen molar-refractivity contribution >= 4 is 11.6 Å². The van der Waals surface area contributed by atoms with Crippen LogP contribution in [0.4, 0.5) is 4.39 Å². The third-order valence-electron chi connectivity index (χ3n) is 4.06. The van der Waals surface area contributed by atoms with Crippen molar-refractivity contribution in [2.45, 2.75) is 38.5 Å². The third kappa shape index (κ3) is 2.55. The van der Waals surface area contributed by atoms with E-state index in [1.165, 1.54) is 12.1 Å². The summed E-state index contributed by atoms with van der Waals surface area (Å²) < 4.78 is 13.1. The van der Waals surface area contributed by atoms with E-state index in [0.29, 0.717) is 10.9 Å². The van der Waals surface area contributed by atoms with Crippen LogP contribution in [0.15, 0.2) is 18.2 Å². The summed E-state index contributed by atoms with van der Waals surface area (Å²) >= 11 is 6.22. The molecule has 1 aliphatic carbocycles. The predicted molar refractivity (Wildman–Crippen MR) is 74.6 cm³/mol. The summed E-state index contributed by atoms with van der Waals surface area (Å²) in [7, 11) is 0. The molecule has 2 atom stereocenters. The first-order valence-electron chi connectivity index (χ1n) is 6.80. The van der Waals surface area contributed by atoms with Crippen molar-refractivity contribution in [3.8, 4) is 0 Å². The SMILES string of the molecule is CCCNCC1(c2ccc(F)cc2Cl)CC1CC. The Labute approximate surface area is 114 Å². The second-order valence-electron chi connectivity index (χ2n) is 5.27. The van der Waals surface area contributed by atoms with E-state index in [0.717, 1.165) is 37.9 Å². The van der Waals surface area contributed by atoms with Gasteiger partial charge in [0.1, 0.15) is 5.82 Å². The van der Waals surface area contributed by atoms with Gasteiger partial charge in [0.25, 0.3) is 0 Å². The molecule has 0 aliphatic heterocycles. The van der Waals surface area contributed by atoms with Crippen molar-refractivity contribution in [1.82, 2.24) is 5.32 Å². The lowest BCUT2D eigenvalue weighted by Gasteiger charge is -2.20. The Morgan fingerprint density at radius 1 is 1.44 bits per heavy atom. The van der Waals surface area contributed by atoms with Crippen molar-refractivity contribution < 1.29 is 4.39 Å². The first-order chi connectivity index (χ1) is 8.64. The highest BCUT2D eigenvalue weighted by Crippen LogP contribution is 2.57. The molecule has 0 radical (unpaired) electrons. The van der Waals surface area contributed by atoms with Crippen LogP contribution in [0.3, 0.4) is 0 Å². The summed E-state index contributed by atoms with van der Waals surface area (Å²) in [6.45, 7) is 6.35. The highest BCUT2D eigenvalue weighted by Gasteiger charge is 2.54. The van der Waals surface area contributed by atoms with Gasteiger partial charge in [0, 0.05) is 17.0 Å². The molecule has 18 heavy (non-hydrogen) atoms. The Morgan fingerprint density at radius 2 is 2.22 bits per heavy atom.